The van der Waals surface area contributed by atoms with Crippen molar-refractivity contribution in [2.45, 2.75) is 31.8 Å². The van der Waals surface area contributed by atoms with E-state index in [1.807, 2.05) is 0 Å². The zero-order valence-electron chi connectivity index (χ0n) is 10.4. The first-order valence-electron chi connectivity index (χ1n) is 5.51. The lowest BCUT2D eigenvalue weighted by molar-refractivity contribution is -0.139. The van der Waals surface area contributed by atoms with Crippen molar-refractivity contribution in [3.05, 3.63) is 0 Å². The number of amides is 2. The zero-order valence-corrected chi connectivity index (χ0v) is 10.4. The van der Waals surface area contributed by atoms with Gasteiger partial charge in [-0.15, -0.1) is 0 Å². The lowest BCUT2D eigenvalue weighted by atomic mass is 10.1. The molecule has 0 saturated carbocycles. The number of hydrogen-bond acceptors (Lipinski definition) is 5. The molecular weight excluding hydrogens is 258 g/mol. The van der Waals surface area contributed by atoms with Crippen molar-refractivity contribution in [2.24, 2.45) is 5.73 Å². The molecule has 0 bridgehead atoms. The largest absolute Gasteiger partial charge is 0.480 e. The molecule has 108 valence electrons. The van der Waals surface area contributed by atoms with Crippen LogP contribution in [-0.2, 0) is 19.2 Å². The van der Waals surface area contributed by atoms with Crippen LogP contribution >= 0.6 is 0 Å². The summed E-state index contributed by atoms with van der Waals surface area (Å²) in [6.07, 6.45) is -0.186. The third-order valence-corrected chi connectivity index (χ3v) is 2.18. The molecule has 0 fully saturated rings. The summed E-state index contributed by atoms with van der Waals surface area (Å²) < 4.78 is 0. The first-order chi connectivity index (χ1) is 8.73. The van der Waals surface area contributed by atoms with Crippen LogP contribution in [0.15, 0.2) is 0 Å². The van der Waals surface area contributed by atoms with Gasteiger partial charge < -0.3 is 26.6 Å². The monoisotopic (exact) mass is 275 g/mol. The minimum atomic E-state index is -1.21. The van der Waals surface area contributed by atoms with E-state index in [2.05, 4.69) is 10.6 Å². The van der Waals surface area contributed by atoms with Gasteiger partial charge in [0, 0.05) is 6.42 Å². The second-order valence-electron chi connectivity index (χ2n) is 3.88. The van der Waals surface area contributed by atoms with Crippen molar-refractivity contribution in [3.8, 4) is 0 Å². The highest BCUT2D eigenvalue weighted by molar-refractivity contribution is 5.89. The highest BCUT2D eigenvalue weighted by Gasteiger charge is 2.18. The molecule has 0 spiro atoms. The van der Waals surface area contributed by atoms with E-state index in [1.54, 1.807) is 0 Å². The zero-order chi connectivity index (χ0) is 15.0. The first kappa shape index (κ1) is 16.8. The van der Waals surface area contributed by atoms with Gasteiger partial charge in [-0.25, -0.2) is 0 Å². The predicted molar refractivity (Wildman–Crippen MR) is 63.1 cm³/mol. The predicted octanol–water partition coefficient (Wildman–Crippen LogP) is -2.12. The van der Waals surface area contributed by atoms with Crippen LogP contribution in [0.1, 0.15) is 19.8 Å². The lowest BCUT2D eigenvalue weighted by Crippen LogP contribution is -2.46. The number of nitrogens with one attached hydrogen (secondary N) is 2. The van der Waals surface area contributed by atoms with Crippen LogP contribution < -0.4 is 16.4 Å². The number of aliphatic carboxylic acids is 2. The van der Waals surface area contributed by atoms with Gasteiger partial charge in [0.15, 0.2) is 0 Å². The topological polar surface area (TPSA) is 159 Å². The fourth-order valence-electron chi connectivity index (χ4n) is 1.11. The van der Waals surface area contributed by atoms with Crippen molar-refractivity contribution in [1.82, 2.24) is 10.6 Å². The van der Waals surface area contributed by atoms with Crippen LogP contribution in [0, 0.1) is 0 Å². The summed E-state index contributed by atoms with van der Waals surface area (Å²) in [7, 11) is 0. The van der Waals surface area contributed by atoms with Crippen molar-refractivity contribution in [3.63, 3.8) is 0 Å². The molecule has 0 radical (unpaired) electrons. The van der Waals surface area contributed by atoms with Gasteiger partial charge in [0.1, 0.15) is 18.6 Å². The van der Waals surface area contributed by atoms with Gasteiger partial charge in [-0.05, 0) is 13.3 Å². The summed E-state index contributed by atoms with van der Waals surface area (Å²) in [5.74, 6) is -3.58. The summed E-state index contributed by atoms with van der Waals surface area (Å²) >= 11 is 0. The van der Waals surface area contributed by atoms with E-state index in [1.165, 1.54) is 6.92 Å². The average molecular weight is 275 g/mol. The number of hydrogen-bond donors (Lipinski definition) is 5. The van der Waals surface area contributed by atoms with Gasteiger partial charge in [0.25, 0.3) is 0 Å². The Morgan fingerprint density at radius 3 is 2.26 bits per heavy atom. The Morgan fingerprint density at radius 1 is 1.21 bits per heavy atom. The maximum absolute atomic E-state index is 11.4. The summed E-state index contributed by atoms with van der Waals surface area (Å²) in [5, 5.41) is 21.3. The standard InChI is InChI=1S/C10H17N3O6/c1-5(9(17)12-4-8(15)16)13-7(14)3-2-6(11)10(18)19/h5-6H,2-4,11H2,1H3,(H,12,17)(H,13,14)(H,15,16)(H,18,19). The normalized spacial score (nSPS) is 13.2. The summed E-state index contributed by atoms with van der Waals surface area (Å²) in [6.45, 7) is 0.842. The Labute approximate surface area is 109 Å². The van der Waals surface area contributed by atoms with Gasteiger partial charge in [-0.1, -0.05) is 0 Å². The summed E-state index contributed by atoms with van der Waals surface area (Å²) in [4.78, 5) is 43.3. The molecule has 2 atom stereocenters. The highest BCUT2D eigenvalue weighted by Crippen LogP contribution is 1.95. The van der Waals surface area contributed by atoms with Crippen LogP contribution in [0.25, 0.3) is 0 Å². The maximum atomic E-state index is 11.4. The van der Waals surface area contributed by atoms with E-state index in [9.17, 15) is 19.2 Å². The third kappa shape index (κ3) is 7.71. The van der Waals surface area contributed by atoms with E-state index < -0.39 is 42.4 Å². The second-order valence-corrected chi connectivity index (χ2v) is 3.88. The Balaban J connectivity index is 4.01. The van der Waals surface area contributed by atoms with Crippen molar-refractivity contribution in [1.29, 1.82) is 0 Å². The van der Waals surface area contributed by atoms with Crippen LogP contribution in [0.4, 0.5) is 0 Å². The van der Waals surface area contributed by atoms with Gasteiger partial charge in [0.05, 0.1) is 0 Å². The molecule has 0 saturated heterocycles. The fraction of sp³-hybridized carbons (Fsp3) is 0.600. The number of carboxylic acids is 2. The molecule has 9 nitrogen and oxygen atoms in total. The fourth-order valence-corrected chi connectivity index (χ4v) is 1.11. The van der Waals surface area contributed by atoms with Gasteiger partial charge in [-0.2, -0.15) is 0 Å². The van der Waals surface area contributed by atoms with E-state index >= 15 is 0 Å². The van der Waals surface area contributed by atoms with E-state index in [-0.39, 0.29) is 12.8 Å². The number of carbonyl (C=O) groups is 4. The van der Waals surface area contributed by atoms with Crippen LogP contribution in [-0.4, -0.2) is 52.6 Å². The molecule has 0 aromatic carbocycles. The molecule has 0 aromatic rings. The second kappa shape index (κ2) is 8.03. The number of rotatable bonds is 8. The molecule has 0 rings (SSSR count). The van der Waals surface area contributed by atoms with Crippen LogP contribution in [0.2, 0.25) is 0 Å². The molecule has 2 unspecified atom stereocenters. The number of carbonyl (C=O) groups excluding carboxylic acids is 2. The molecule has 0 aliphatic carbocycles. The Morgan fingerprint density at radius 2 is 1.79 bits per heavy atom. The van der Waals surface area contributed by atoms with E-state index in [0.29, 0.717) is 0 Å². The SMILES string of the molecule is CC(NC(=O)CCC(N)C(=O)O)C(=O)NCC(=O)O. The smallest absolute Gasteiger partial charge is 0.322 e. The molecule has 9 heteroatoms. The Hall–Kier alpha value is -2.16. The average Bonchev–Trinajstić information content (AvgIpc) is 2.32. The maximum Gasteiger partial charge on any atom is 0.322 e. The van der Waals surface area contributed by atoms with Crippen molar-refractivity contribution in [2.75, 3.05) is 6.54 Å². The summed E-state index contributed by atoms with van der Waals surface area (Å²) in [6, 6.07) is -2.05. The Kier molecular flexibility index (Phi) is 7.12. The molecule has 19 heavy (non-hydrogen) atoms. The van der Waals surface area contributed by atoms with Gasteiger partial charge in [-0.3, -0.25) is 19.2 Å². The number of nitrogens with two attached hydrogens (primary N) is 1. The van der Waals surface area contributed by atoms with Crippen molar-refractivity contribution >= 4 is 23.8 Å². The minimum absolute atomic E-state index is 0.0510. The van der Waals surface area contributed by atoms with E-state index in [4.69, 9.17) is 15.9 Å². The van der Waals surface area contributed by atoms with Crippen molar-refractivity contribution < 1.29 is 29.4 Å². The Bertz CT molecular complexity index is 370. The van der Waals surface area contributed by atoms with Crippen LogP contribution in [0.3, 0.4) is 0 Å². The highest BCUT2D eigenvalue weighted by atomic mass is 16.4. The summed E-state index contributed by atoms with van der Waals surface area (Å²) in [5.41, 5.74) is 5.21. The van der Waals surface area contributed by atoms with Crippen LogP contribution in [0.5, 0.6) is 0 Å². The molecular formula is C10H17N3O6. The first-order valence-corrected chi connectivity index (χ1v) is 5.51. The van der Waals surface area contributed by atoms with E-state index in [0.717, 1.165) is 0 Å². The third-order valence-electron chi connectivity index (χ3n) is 2.18. The molecule has 6 N–H and O–H groups in total. The molecule has 0 aliphatic heterocycles. The molecule has 0 heterocycles. The molecule has 2 amide bonds. The molecule has 0 aliphatic rings. The number of carboxylic acid groups (broad SMARTS) is 2. The quantitative estimate of drug-likeness (QED) is 0.338. The van der Waals surface area contributed by atoms with Gasteiger partial charge in [0.2, 0.25) is 11.8 Å². The molecule has 0 aromatic heterocycles. The lowest BCUT2D eigenvalue weighted by Gasteiger charge is -2.13. The van der Waals surface area contributed by atoms with Gasteiger partial charge >= 0.3 is 11.9 Å². The minimum Gasteiger partial charge on any atom is -0.480 e.